The molecule has 0 aliphatic carbocycles. The van der Waals surface area contributed by atoms with E-state index in [-0.39, 0.29) is 0 Å². The lowest BCUT2D eigenvalue weighted by Crippen LogP contribution is -2.32. The van der Waals surface area contributed by atoms with Crippen molar-refractivity contribution in [2.24, 2.45) is 0 Å². The maximum Gasteiger partial charge on any atom is 0.288 e. The van der Waals surface area contributed by atoms with Gasteiger partial charge in [-0.05, 0) is 41.9 Å². The van der Waals surface area contributed by atoms with Crippen molar-refractivity contribution in [3.8, 4) is 11.5 Å². The van der Waals surface area contributed by atoms with Crippen LogP contribution in [0.5, 0.6) is 0 Å². The second kappa shape index (κ2) is 6.06. The van der Waals surface area contributed by atoms with E-state index in [9.17, 15) is 0 Å². The van der Waals surface area contributed by atoms with Gasteiger partial charge < -0.3 is 4.42 Å². The Morgan fingerprint density at radius 3 is 2.83 bits per heavy atom. The predicted octanol–water partition coefficient (Wildman–Crippen LogP) is 3.28. The molecule has 0 saturated carbocycles. The van der Waals surface area contributed by atoms with Gasteiger partial charge >= 0.3 is 0 Å². The number of nitrogens with zero attached hydrogens (tertiary/aromatic N) is 4. The largest absolute Gasteiger partial charge is 0.409 e. The van der Waals surface area contributed by atoms with Crippen LogP contribution < -0.4 is 0 Å². The van der Waals surface area contributed by atoms with E-state index in [2.05, 4.69) is 39.2 Å². The Hall–Kier alpha value is -2.31. The monoisotopic (exact) mass is 324 g/mol. The fourth-order valence-electron chi connectivity index (χ4n) is 2.87. The quantitative estimate of drug-likeness (QED) is 0.692. The molecule has 1 aromatic carbocycles. The Morgan fingerprint density at radius 1 is 1.13 bits per heavy atom. The number of fused-ring (bicyclic) bond motifs is 1. The van der Waals surface area contributed by atoms with Crippen LogP contribution in [-0.4, -0.2) is 26.2 Å². The average molecular weight is 324 g/mol. The third kappa shape index (κ3) is 2.95. The van der Waals surface area contributed by atoms with E-state index in [0.29, 0.717) is 17.4 Å². The minimum absolute atomic E-state index is 0.391. The smallest absolute Gasteiger partial charge is 0.288 e. The van der Waals surface area contributed by atoms with Gasteiger partial charge in [0.1, 0.15) is 0 Å². The van der Waals surface area contributed by atoms with Crippen LogP contribution in [0.2, 0.25) is 0 Å². The summed E-state index contributed by atoms with van der Waals surface area (Å²) in [5.41, 5.74) is 3.64. The number of aromatic nitrogens is 3. The molecule has 0 unspecified atom stereocenters. The minimum Gasteiger partial charge on any atom is -0.409 e. The summed E-state index contributed by atoms with van der Waals surface area (Å²) in [6, 6.07) is 12.3. The molecule has 1 aliphatic rings. The van der Waals surface area contributed by atoms with Crippen molar-refractivity contribution >= 4 is 12.2 Å². The fraction of sp³-hybridized carbons (Fsp3) is 0.235. The SMILES string of the molecule is S=c1oc(-c2cccnc2)nn1CN1CCc2ccccc2C1. The molecule has 2 aromatic heterocycles. The van der Waals surface area contributed by atoms with E-state index in [1.807, 2.05) is 12.1 Å². The molecular formula is C17H16N4OS. The van der Waals surface area contributed by atoms with E-state index in [0.717, 1.165) is 25.1 Å². The van der Waals surface area contributed by atoms with Crippen LogP contribution in [0, 0.1) is 4.84 Å². The molecule has 23 heavy (non-hydrogen) atoms. The highest BCUT2D eigenvalue weighted by Gasteiger charge is 2.17. The van der Waals surface area contributed by atoms with Crippen LogP contribution in [0.25, 0.3) is 11.5 Å². The molecule has 4 rings (SSSR count). The molecule has 1 aliphatic heterocycles. The maximum atomic E-state index is 5.61. The van der Waals surface area contributed by atoms with Crippen molar-refractivity contribution in [3.05, 3.63) is 64.8 Å². The maximum absolute atomic E-state index is 5.61. The Balaban J connectivity index is 1.54. The summed E-state index contributed by atoms with van der Waals surface area (Å²) in [5, 5.41) is 4.49. The predicted molar refractivity (Wildman–Crippen MR) is 89.1 cm³/mol. The zero-order valence-electron chi connectivity index (χ0n) is 12.6. The van der Waals surface area contributed by atoms with Crippen LogP contribution in [0.1, 0.15) is 11.1 Å². The number of rotatable bonds is 3. The summed E-state index contributed by atoms with van der Waals surface area (Å²) in [4.78, 5) is 6.81. The van der Waals surface area contributed by atoms with Gasteiger partial charge in [-0.2, -0.15) is 0 Å². The lowest BCUT2D eigenvalue weighted by molar-refractivity contribution is 0.186. The molecule has 3 aromatic rings. The summed E-state index contributed by atoms with van der Waals surface area (Å²) in [6.07, 6.45) is 4.50. The van der Waals surface area contributed by atoms with Crippen molar-refractivity contribution < 1.29 is 4.42 Å². The molecule has 116 valence electrons. The zero-order valence-corrected chi connectivity index (χ0v) is 13.4. The van der Waals surface area contributed by atoms with Gasteiger partial charge in [0.2, 0.25) is 5.89 Å². The first kappa shape index (κ1) is 14.3. The Morgan fingerprint density at radius 2 is 2.00 bits per heavy atom. The van der Waals surface area contributed by atoms with Gasteiger partial charge in [0.05, 0.1) is 12.2 Å². The summed E-state index contributed by atoms with van der Waals surface area (Å²) < 4.78 is 7.35. The molecule has 0 bridgehead atoms. The molecule has 0 radical (unpaired) electrons. The number of hydrogen-bond donors (Lipinski definition) is 0. The van der Waals surface area contributed by atoms with Gasteiger partial charge in [0.15, 0.2) is 0 Å². The van der Waals surface area contributed by atoms with Gasteiger partial charge in [-0.25, -0.2) is 4.68 Å². The topological polar surface area (TPSA) is 47.1 Å². The Bertz CT molecular complexity index is 872. The third-order valence-corrected chi connectivity index (χ3v) is 4.35. The minimum atomic E-state index is 0.391. The van der Waals surface area contributed by atoms with E-state index in [1.165, 1.54) is 11.1 Å². The number of pyridine rings is 1. The van der Waals surface area contributed by atoms with Crippen LogP contribution >= 0.6 is 12.2 Å². The second-order valence-electron chi connectivity index (χ2n) is 5.63. The summed E-state index contributed by atoms with van der Waals surface area (Å²) >= 11 is 5.31. The normalized spacial score (nSPS) is 14.6. The molecule has 0 N–H and O–H groups in total. The zero-order chi connectivity index (χ0) is 15.6. The highest BCUT2D eigenvalue weighted by molar-refractivity contribution is 7.71. The standard InChI is InChI=1S/C17H16N4OS/c23-17-21(19-16(22-17)14-6-3-8-18-10-14)12-20-9-7-13-4-1-2-5-15(13)11-20/h1-6,8,10H,7,9,11-12H2. The highest BCUT2D eigenvalue weighted by Crippen LogP contribution is 2.20. The third-order valence-electron chi connectivity index (χ3n) is 4.06. The highest BCUT2D eigenvalue weighted by atomic mass is 32.1. The summed E-state index contributed by atoms with van der Waals surface area (Å²) in [7, 11) is 0. The Labute approximate surface area is 139 Å². The molecule has 6 heteroatoms. The van der Waals surface area contributed by atoms with Crippen molar-refractivity contribution in [2.75, 3.05) is 6.54 Å². The molecule has 0 fully saturated rings. The van der Waals surface area contributed by atoms with Gasteiger partial charge in [0.25, 0.3) is 4.84 Å². The molecule has 3 heterocycles. The van der Waals surface area contributed by atoms with Crippen molar-refractivity contribution in [3.63, 3.8) is 0 Å². The molecule has 5 nitrogen and oxygen atoms in total. The molecule has 0 atom stereocenters. The first-order valence-corrected chi connectivity index (χ1v) is 7.98. The second-order valence-corrected chi connectivity index (χ2v) is 5.98. The molecule has 0 amide bonds. The van der Waals surface area contributed by atoms with E-state index in [4.69, 9.17) is 16.6 Å². The van der Waals surface area contributed by atoms with Crippen LogP contribution in [0.15, 0.2) is 53.2 Å². The molecule has 0 saturated heterocycles. The average Bonchev–Trinajstić information content (AvgIpc) is 2.96. The van der Waals surface area contributed by atoms with Crippen molar-refractivity contribution in [1.29, 1.82) is 0 Å². The first-order valence-electron chi connectivity index (χ1n) is 7.57. The van der Waals surface area contributed by atoms with E-state index in [1.54, 1.807) is 17.1 Å². The summed E-state index contributed by atoms with van der Waals surface area (Å²) in [5.74, 6) is 0.514. The van der Waals surface area contributed by atoms with Crippen molar-refractivity contribution in [2.45, 2.75) is 19.6 Å². The van der Waals surface area contributed by atoms with Gasteiger partial charge in [-0.3, -0.25) is 9.88 Å². The fourth-order valence-corrected chi connectivity index (χ4v) is 3.04. The number of benzene rings is 1. The van der Waals surface area contributed by atoms with Crippen LogP contribution in [0.4, 0.5) is 0 Å². The summed E-state index contributed by atoms with van der Waals surface area (Å²) in [6.45, 7) is 2.54. The van der Waals surface area contributed by atoms with E-state index < -0.39 is 0 Å². The van der Waals surface area contributed by atoms with Gasteiger partial charge in [-0.15, -0.1) is 5.10 Å². The van der Waals surface area contributed by atoms with Crippen molar-refractivity contribution in [1.82, 2.24) is 19.7 Å². The Kier molecular flexibility index (Phi) is 3.77. The first-order chi connectivity index (χ1) is 11.3. The lowest BCUT2D eigenvalue weighted by Gasteiger charge is -2.28. The van der Waals surface area contributed by atoms with Crippen LogP contribution in [-0.2, 0) is 19.6 Å². The lowest BCUT2D eigenvalue weighted by atomic mass is 10.0. The van der Waals surface area contributed by atoms with Gasteiger partial charge in [-0.1, -0.05) is 24.3 Å². The molecule has 0 spiro atoms. The van der Waals surface area contributed by atoms with E-state index >= 15 is 0 Å². The molecular weight excluding hydrogens is 308 g/mol. The van der Waals surface area contributed by atoms with Crippen LogP contribution in [0.3, 0.4) is 0 Å². The number of hydrogen-bond acceptors (Lipinski definition) is 5. The van der Waals surface area contributed by atoms with Gasteiger partial charge in [0, 0.05) is 25.5 Å².